The second-order valence-electron chi connectivity index (χ2n) is 5.06. The van der Waals surface area contributed by atoms with Gasteiger partial charge in [0, 0.05) is 25.0 Å². The van der Waals surface area contributed by atoms with Crippen molar-refractivity contribution in [2.24, 2.45) is 0 Å². The molecule has 1 aromatic heterocycles. The second kappa shape index (κ2) is 5.52. The zero-order valence-corrected chi connectivity index (χ0v) is 10.8. The summed E-state index contributed by atoms with van der Waals surface area (Å²) < 4.78 is 1.99. The van der Waals surface area contributed by atoms with Gasteiger partial charge in [0.2, 0.25) is 0 Å². The van der Waals surface area contributed by atoms with E-state index in [1.165, 1.54) is 0 Å². The molecule has 1 saturated carbocycles. The molecule has 2 rings (SSSR count). The fourth-order valence-electron chi connectivity index (χ4n) is 2.27. The van der Waals surface area contributed by atoms with Crippen LogP contribution in [-0.4, -0.2) is 32.2 Å². The maximum Gasteiger partial charge on any atom is 0.323 e. The smallest absolute Gasteiger partial charge is 0.323 e. The van der Waals surface area contributed by atoms with Crippen LogP contribution < -0.4 is 5.32 Å². The topological polar surface area (TPSA) is 67.2 Å². The van der Waals surface area contributed by atoms with E-state index in [1.54, 1.807) is 12.5 Å². The van der Waals surface area contributed by atoms with Crippen molar-refractivity contribution >= 4 is 5.97 Å². The molecule has 0 radical (unpaired) electrons. The van der Waals surface area contributed by atoms with Crippen LogP contribution in [0.25, 0.3) is 0 Å². The Labute approximate surface area is 107 Å². The predicted molar refractivity (Wildman–Crippen MR) is 68.3 cm³/mol. The highest BCUT2D eigenvalue weighted by atomic mass is 16.4. The van der Waals surface area contributed by atoms with Crippen molar-refractivity contribution in [1.29, 1.82) is 0 Å². The molecular weight excluding hydrogens is 230 g/mol. The van der Waals surface area contributed by atoms with Crippen molar-refractivity contribution in [2.75, 3.05) is 0 Å². The van der Waals surface area contributed by atoms with E-state index in [9.17, 15) is 9.90 Å². The van der Waals surface area contributed by atoms with Crippen molar-refractivity contribution in [3.05, 3.63) is 18.7 Å². The van der Waals surface area contributed by atoms with Gasteiger partial charge in [-0.3, -0.25) is 10.1 Å². The molecule has 1 fully saturated rings. The van der Waals surface area contributed by atoms with Gasteiger partial charge in [-0.2, -0.15) is 0 Å². The Balaban J connectivity index is 1.89. The first kappa shape index (κ1) is 13.1. The Morgan fingerprint density at radius 3 is 2.89 bits per heavy atom. The monoisotopic (exact) mass is 251 g/mol. The largest absolute Gasteiger partial charge is 0.480 e. The number of carboxylic acids is 1. The van der Waals surface area contributed by atoms with Crippen LogP contribution in [0.5, 0.6) is 0 Å². The first-order valence-electron chi connectivity index (χ1n) is 6.63. The third kappa shape index (κ3) is 3.10. The number of aromatic nitrogens is 2. The third-order valence-electron chi connectivity index (χ3n) is 3.65. The maximum atomic E-state index is 11.5. The second-order valence-corrected chi connectivity index (χ2v) is 5.06. The minimum Gasteiger partial charge on any atom is -0.480 e. The summed E-state index contributed by atoms with van der Waals surface area (Å²) in [6.07, 6.45) is 9.76. The van der Waals surface area contributed by atoms with Gasteiger partial charge < -0.3 is 9.67 Å². The van der Waals surface area contributed by atoms with E-state index in [0.29, 0.717) is 18.9 Å². The molecule has 1 aliphatic rings. The van der Waals surface area contributed by atoms with Gasteiger partial charge in [0.25, 0.3) is 0 Å². The van der Waals surface area contributed by atoms with Crippen LogP contribution in [0.1, 0.15) is 39.0 Å². The highest BCUT2D eigenvalue weighted by Crippen LogP contribution is 2.27. The van der Waals surface area contributed by atoms with Crippen LogP contribution in [0, 0.1) is 0 Å². The van der Waals surface area contributed by atoms with Crippen LogP contribution in [0.2, 0.25) is 0 Å². The fourth-order valence-corrected chi connectivity index (χ4v) is 2.27. The molecule has 1 heterocycles. The van der Waals surface area contributed by atoms with Gasteiger partial charge in [0.05, 0.1) is 6.33 Å². The number of carboxylic acid groups (broad SMARTS) is 1. The minimum atomic E-state index is -0.748. The molecule has 18 heavy (non-hydrogen) atoms. The molecule has 100 valence electrons. The quantitative estimate of drug-likeness (QED) is 0.737. The minimum absolute atomic E-state index is 0.411. The number of carbonyl (C=O) groups is 1. The number of hydrogen-bond acceptors (Lipinski definition) is 3. The Morgan fingerprint density at radius 2 is 2.39 bits per heavy atom. The maximum absolute atomic E-state index is 11.5. The fraction of sp³-hybridized carbons (Fsp3) is 0.692. The third-order valence-corrected chi connectivity index (χ3v) is 3.65. The van der Waals surface area contributed by atoms with Crippen molar-refractivity contribution in [1.82, 2.24) is 14.9 Å². The van der Waals surface area contributed by atoms with E-state index in [4.69, 9.17) is 0 Å². The van der Waals surface area contributed by atoms with Gasteiger partial charge in [-0.1, -0.05) is 6.92 Å². The molecule has 0 bridgehead atoms. The molecule has 1 unspecified atom stereocenters. The molecule has 5 heteroatoms. The van der Waals surface area contributed by atoms with Crippen LogP contribution in [0.15, 0.2) is 18.7 Å². The van der Waals surface area contributed by atoms with E-state index in [0.717, 1.165) is 25.8 Å². The Bertz CT molecular complexity index is 387. The van der Waals surface area contributed by atoms with Gasteiger partial charge in [0.15, 0.2) is 0 Å². The Hall–Kier alpha value is -1.36. The number of rotatable bonds is 8. The average molecular weight is 251 g/mol. The lowest BCUT2D eigenvalue weighted by atomic mass is 9.90. The number of imidazole rings is 1. The lowest BCUT2D eigenvalue weighted by Gasteiger charge is -2.29. The summed E-state index contributed by atoms with van der Waals surface area (Å²) in [5.74, 6) is -0.720. The van der Waals surface area contributed by atoms with Gasteiger partial charge in [-0.05, 0) is 32.1 Å². The summed E-state index contributed by atoms with van der Waals surface area (Å²) in [5.41, 5.74) is -0.748. The highest BCUT2D eigenvalue weighted by Gasteiger charge is 2.40. The van der Waals surface area contributed by atoms with Crippen molar-refractivity contribution < 1.29 is 9.90 Å². The number of nitrogens with zero attached hydrogens (tertiary/aromatic N) is 2. The SMILES string of the molecule is CCC(CCCn1ccnc1)(NC1CC1)C(=O)O. The highest BCUT2D eigenvalue weighted by molar-refractivity contribution is 5.78. The molecule has 0 saturated heterocycles. The van der Waals surface area contributed by atoms with E-state index >= 15 is 0 Å². The van der Waals surface area contributed by atoms with Crippen molar-refractivity contribution in [3.8, 4) is 0 Å². The number of aliphatic carboxylic acids is 1. The van der Waals surface area contributed by atoms with Crippen molar-refractivity contribution in [3.63, 3.8) is 0 Å². The van der Waals surface area contributed by atoms with Crippen LogP contribution >= 0.6 is 0 Å². The molecule has 2 N–H and O–H groups in total. The van der Waals surface area contributed by atoms with Gasteiger partial charge in [0.1, 0.15) is 5.54 Å². The average Bonchev–Trinajstić information content (AvgIpc) is 3.01. The first-order chi connectivity index (χ1) is 8.66. The molecule has 0 aromatic carbocycles. The molecule has 1 atom stereocenters. The van der Waals surface area contributed by atoms with E-state index in [-0.39, 0.29) is 0 Å². The molecule has 0 spiro atoms. The molecular formula is C13H21N3O2. The molecule has 1 aromatic rings. The zero-order valence-electron chi connectivity index (χ0n) is 10.8. The Morgan fingerprint density at radius 1 is 1.61 bits per heavy atom. The van der Waals surface area contributed by atoms with Gasteiger partial charge in [-0.15, -0.1) is 0 Å². The standard InChI is InChI=1S/C13H21N3O2/c1-2-13(12(17)18,15-11-4-5-11)6-3-8-16-9-7-14-10-16/h7,9-11,15H,2-6,8H2,1H3,(H,17,18). The summed E-state index contributed by atoms with van der Waals surface area (Å²) in [6, 6.07) is 0.411. The van der Waals surface area contributed by atoms with Crippen LogP contribution in [0.3, 0.4) is 0 Å². The summed E-state index contributed by atoms with van der Waals surface area (Å²) in [6.45, 7) is 2.77. The van der Waals surface area contributed by atoms with Crippen molar-refractivity contribution in [2.45, 2.75) is 57.2 Å². The van der Waals surface area contributed by atoms with E-state index < -0.39 is 11.5 Å². The summed E-state index contributed by atoms with van der Waals surface area (Å²) in [4.78, 5) is 15.5. The summed E-state index contributed by atoms with van der Waals surface area (Å²) in [5, 5.41) is 12.8. The predicted octanol–water partition coefficient (Wildman–Crippen LogP) is 1.65. The lowest BCUT2D eigenvalue weighted by molar-refractivity contribution is -0.145. The van der Waals surface area contributed by atoms with Crippen LogP contribution in [-0.2, 0) is 11.3 Å². The number of nitrogens with one attached hydrogen (secondary N) is 1. The number of hydrogen-bond donors (Lipinski definition) is 2. The first-order valence-corrected chi connectivity index (χ1v) is 6.63. The molecule has 5 nitrogen and oxygen atoms in total. The molecule has 0 amide bonds. The van der Waals surface area contributed by atoms with Crippen LogP contribution in [0.4, 0.5) is 0 Å². The Kier molecular flexibility index (Phi) is 4.01. The summed E-state index contributed by atoms with van der Waals surface area (Å²) in [7, 11) is 0. The number of aryl methyl sites for hydroxylation is 1. The lowest BCUT2D eigenvalue weighted by Crippen LogP contribution is -2.52. The normalized spacial score (nSPS) is 18.5. The zero-order chi connectivity index (χ0) is 13.0. The summed E-state index contributed by atoms with van der Waals surface area (Å²) >= 11 is 0. The van der Waals surface area contributed by atoms with E-state index in [1.807, 2.05) is 17.7 Å². The van der Waals surface area contributed by atoms with E-state index in [2.05, 4.69) is 10.3 Å². The van der Waals surface area contributed by atoms with Gasteiger partial charge >= 0.3 is 5.97 Å². The molecule has 1 aliphatic carbocycles. The van der Waals surface area contributed by atoms with Gasteiger partial charge in [-0.25, -0.2) is 4.98 Å². The molecule has 0 aliphatic heterocycles.